The molecular weight excluding hydrogens is 277 g/mol. The number of benzene rings is 2. The molecule has 3 heteroatoms. The van der Waals surface area contributed by atoms with E-state index in [1.165, 1.54) is 5.56 Å². The second kappa shape index (κ2) is 6.42. The molecule has 0 amide bonds. The Morgan fingerprint density at radius 3 is 2.53 bits per heavy atom. The van der Waals surface area contributed by atoms with Gasteiger partial charge in [-0.05, 0) is 42.8 Å². The molecule has 0 saturated heterocycles. The molecule has 0 bridgehead atoms. The summed E-state index contributed by atoms with van der Waals surface area (Å²) < 4.78 is 0. The summed E-state index contributed by atoms with van der Waals surface area (Å²) in [6, 6.07) is 14.1. The zero-order valence-corrected chi connectivity index (χ0v) is 12.6. The summed E-state index contributed by atoms with van der Waals surface area (Å²) in [5, 5.41) is 4.85. The average molecular weight is 294 g/mol. The molecule has 0 spiro atoms. The first-order valence-electron chi connectivity index (χ1n) is 6.41. The van der Waals surface area contributed by atoms with Crippen molar-refractivity contribution in [2.45, 2.75) is 19.9 Å². The molecule has 0 saturated carbocycles. The fraction of sp³-hybridized carbons (Fsp3) is 0.250. The molecule has 1 N–H and O–H groups in total. The zero-order valence-electron chi connectivity index (χ0n) is 11.1. The Bertz CT molecular complexity index is 566. The predicted octanol–water partition coefficient (Wildman–Crippen LogP) is 5.33. The Morgan fingerprint density at radius 2 is 1.79 bits per heavy atom. The summed E-state index contributed by atoms with van der Waals surface area (Å²) in [6.45, 7) is 5.19. The van der Waals surface area contributed by atoms with Gasteiger partial charge in [-0.2, -0.15) is 0 Å². The van der Waals surface area contributed by atoms with Crippen LogP contribution in [-0.4, -0.2) is 6.54 Å². The lowest BCUT2D eigenvalue weighted by Gasteiger charge is -2.18. The molecule has 1 nitrogen and oxygen atoms in total. The van der Waals surface area contributed by atoms with Crippen molar-refractivity contribution in [3.63, 3.8) is 0 Å². The van der Waals surface area contributed by atoms with Gasteiger partial charge in [-0.15, -0.1) is 0 Å². The number of hydrogen-bond acceptors (Lipinski definition) is 1. The van der Waals surface area contributed by atoms with Crippen molar-refractivity contribution in [2.75, 3.05) is 6.54 Å². The van der Waals surface area contributed by atoms with E-state index in [-0.39, 0.29) is 6.04 Å². The lowest BCUT2D eigenvalue weighted by atomic mass is 9.95. The molecule has 2 rings (SSSR count). The highest BCUT2D eigenvalue weighted by atomic mass is 35.5. The van der Waals surface area contributed by atoms with Gasteiger partial charge in [0.05, 0.1) is 0 Å². The monoisotopic (exact) mass is 293 g/mol. The van der Waals surface area contributed by atoms with Crippen molar-refractivity contribution < 1.29 is 0 Å². The molecule has 0 radical (unpaired) electrons. The van der Waals surface area contributed by atoms with Crippen molar-refractivity contribution in [1.82, 2.24) is 5.32 Å². The molecule has 1 atom stereocenters. The Balaban J connectivity index is 2.53. The molecule has 2 aromatic carbocycles. The molecular formula is C16H17Cl2N. The third-order valence-corrected chi connectivity index (χ3v) is 3.72. The van der Waals surface area contributed by atoms with Crippen LogP contribution in [0.4, 0.5) is 0 Å². The highest BCUT2D eigenvalue weighted by molar-refractivity contribution is 6.35. The quantitative estimate of drug-likeness (QED) is 0.803. The topological polar surface area (TPSA) is 12.0 Å². The van der Waals surface area contributed by atoms with Crippen LogP contribution < -0.4 is 5.32 Å². The first-order chi connectivity index (χ1) is 9.13. The van der Waals surface area contributed by atoms with Crippen LogP contribution in [0.25, 0.3) is 11.1 Å². The van der Waals surface area contributed by atoms with E-state index < -0.39 is 0 Å². The molecule has 0 heterocycles. The number of rotatable bonds is 4. The van der Waals surface area contributed by atoms with Crippen LogP contribution in [0.3, 0.4) is 0 Å². The minimum atomic E-state index is 0.274. The van der Waals surface area contributed by atoms with Crippen LogP contribution in [0.5, 0.6) is 0 Å². The Kier molecular flexibility index (Phi) is 4.87. The minimum absolute atomic E-state index is 0.274. The van der Waals surface area contributed by atoms with Gasteiger partial charge in [-0.1, -0.05) is 54.4 Å². The smallest absolute Gasteiger partial charge is 0.0485 e. The van der Waals surface area contributed by atoms with E-state index in [4.69, 9.17) is 23.2 Å². The van der Waals surface area contributed by atoms with Crippen LogP contribution in [0.15, 0.2) is 42.5 Å². The third-order valence-electron chi connectivity index (χ3n) is 3.16. The number of halogens is 2. The van der Waals surface area contributed by atoms with Gasteiger partial charge < -0.3 is 5.32 Å². The van der Waals surface area contributed by atoms with Gasteiger partial charge in [0.25, 0.3) is 0 Å². The van der Waals surface area contributed by atoms with Gasteiger partial charge in [0, 0.05) is 21.7 Å². The number of hydrogen-bond donors (Lipinski definition) is 1. The molecule has 2 aromatic rings. The predicted molar refractivity (Wildman–Crippen MR) is 84.0 cm³/mol. The maximum Gasteiger partial charge on any atom is 0.0485 e. The molecule has 1 unspecified atom stereocenters. The van der Waals surface area contributed by atoms with Gasteiger partial charge >= 0.3 is 0 Å². The normalized spacial score (nSPS) is 12.4. The summed E-state index contributed by atoms with van der Waals surface area (Å²) >= 11 is 12.4. The maximum atomic E-state index is 6.31. The first-order valence-corrected chi connectivity index (χ1v) is 7.16. The fourth-order valence-corrected chi connectivity index (χ4v) is 2.63. The SMILES string of the molecule is CCNC(C)c1ccccc1-c1cc(Cl)ccc1Cl. The second-order valence-corrected chi connectivity index (χ2v) is 5.33. The lowest BCUT2D eigenvalue weighted by molar-refractivity contribution is 0.599. The lowest BCUT2D eigenvalue weighted by Crippen LogP contribution is -2.18. The molecule has 0 aliphatic rings. The van der Waals surface area contributed by atoms with Crippen molar-refractivity contribution in [2.24, 2.45) is 0 Å². The molecule has 0 aliphatic heterocycles. The summed E-state index contributed by atoms with van der Waals surface area (Å²) in [7, 11) is 0. The van der Waals surface area contributed by atoms with E-state index in [0.717, 1.165) is 22.7 Å². The molecule has 100 valence electrons. The van der Waals surface area contributed by atoms with Crippen molar-refractivity contribution >= 4 is 23.2 Å². The van der Waals surface area contributed by atoms with E-state index in [1.54, 1.807) is 0 Å². The van der Waals surface area contributed by atoms with Gasteiger partial charge in [0.2, 0.25) is 0 Å². The minimum Gasteiger partial charge on any atom is -0.310 e. The Labute approximate surface area is 124 Å². The van der Waals surface area contributed by atoms with Gasteiger partial charge in [-0.3, -0.25) is 0 Å². The van der Waals surface area contributed by atoms with E-state index in [1.807, 2.05) is 30.3 Å². The van der Waals surface area contributed by atoms with Gasteiger partial charge in [-0.25, -0.2) is 0 Å². The Morgan fingerprint density at radius 1 is 1.05 bits per heavy atom. The van der Waals surface area contributed by atoms with Crippen LogP contribution >= 0.6 is 23.2 Å². The van der Waals surface area contributed by atoms with Crippen molar-refractivity contribution in [3.05, 3.63) is 58.1 Å². The van der Waals surface area contributed by atoms with Crippen molar-refractivity contribution in [1.29, 1.82) is 0 Å². The summed E-state index contributed by atoms with van der Waals surface area (Å²) in [4.78, 5) is 0. The summed E-state index contributed by atoms with van der Waals surface area (Å²) in [5.74, 6) is 0. The van der Waals surface area contributed by atoms with E-state index in [0.29, 0.717) is 5.02 Å². The van der Waals surface area contributed by atoms with Crippen LogP contribution in [0.1, 0.15) is 25.5 Å². The second-order valence-electron chi connectivity index (χ2n) is 4.49. The van der Waals surface area contributed by atoms with Gasteiger partial charge in [0.1, 0.15) is 0 Å². The molecule has 0 fully saturated rings. The van der Waals surface area contributed by atoms with E-state index in [2.05, 4.69) is 31.3 Å². The molecule has 19 heavy (non-hydrogen) atoms. The maximum absolute atomic E-state index is 6.31. The highest BCUT2D eigenvalue weighted by Gasteiger charge is 2.13. The van der Waals surface area contributed by atoms with Crippen LogP contribution in [-0.2, 0) is 0 Å². The molecule has 0 aliphatic carbocycles. The number of nitrogens with one attached hydrogen (secondary N) is 1. The summed E-state index contributed by atoms with van der Waals surface area (Å²) in [5.41, 5.74) is 3.34. The third kappa shape index (κ3) is 3.30. The van der Waals surface area contributed by atoms with Gasteiger partial charge in [0.15, 0.2) is 0 Å². The fourth-order valence-electron chi connectivity index (χ4n) is 2.24. The summed E-state index contributed by atoms with van der Waals surface area (Å²) in [6.07, 6.45) is 0. The van der Waals surface area contributed by atoms with E-state index in [9.17, 15) is 0 Å². The zero-order chi connectivity index (χ0) is 13.8. The average Bonchev–Trinajstić information content (AvgIpc) is 2.42. The first kappa shape index (κ1) is 14.4. The van der Waals surface area contributed by atoms with Crippen molar-refractivity contribution in [3.8, 4) is 11.1 Å². The van der Waals surface area contributed by atoms with Crippen LogP contribution in [0, 0.1) is 0 Å². The van der Waals surface area contributed by atoms with E-state index >= 15 is 0 Å². The highest BCUT2D eigenvalue weighted by Crippen LogP contribution is 2.34. The molecule has 0 aromatic heterocycles. The largest absolute Gasteiger partial charge is 0.310 e. The standard InChI is InChI=1S/C16H17Cl2N/c1-3-19-11(2)13-6-4-5-7-14(13)15-10-12(17)8-9-16(15)18/h4-11,19H,3H2,1-2H3. The van der Waals surface area contributed by atoms with Crippen LogP contribution in [0.2, 0.25) is 10.0 Å². The Hall–Kier alpha value is -1.02.